The van der Waals surface area contributed by atoms with Gasteiger partial charge >= 0.3 is 12.0 Å². The van der Waals surface area contributed by atoms with Crippen molar-refractivity contribution in [3.05, 3.63) is 29.8 Å². The van der Waals surface area contributed by atoms with E-state index in [-0.39, 0.29) is 24.6 Å². The molecule has 2 aliphatic rings. The Hall–Kier alpha value is -2.24. The van der Waals surface area contributed by atoms with Gasteiger partial charge in [0.25, 0.3) is 0 Å². The zero-order chi connectivity index (χ0) is 15.6. The van der Waals surface area contributed by atoms with E-state index in [4.69, 9.17) is 9.84 Å². The number of likely N-dealkylation sites (tertiary alicyclic amines) is 1. The van der Waals surface area contributed by atoms with E-state index in [0.29, 0.717) is 13.1 Å². The Morgan fingerprint density at radius 2 is 2.14 bits per heavy atom. The number of fused-ring (bicyclic) bond motifs is 1. The summed E-state index contributed by atoms with van der Waals surface area (Å²) in [6, 6.07) is 7.82. The molecule has 6 nitrogen and oxygen atoms in total. The number of urea groups is 1. The van der Waals surface area contributed by atoms with E-state index < -0.39 is 5.97 Å². The number of nitrogens with one attached hydrogen (secondary N) is 1. The summed E-state index contributed by atoms with van der Waals surface area (Å²) in [7, 11) is 0. The summed E-state index contributed by atoms with van der Waals surface area (Å²) in [6.45, 7) is 1.35. The molecular formula is C16H20N2O4. The molecule has 1 aromatic rings. The summed E-state index contributed by atoms with van der Waals surface area (Å²) in [6.07, 6.45) is 2.62. The molecule has 1 unspecified atom stereocenters. The highest BCUT2D eigenvalue weighted by atomic mass is 16.5. The van der Waals surface area contributed by atoms with Crippen LogP contribution in [0, 0.1) is 0 Å². The summed E-state index contributed by atoms with van der Waals surface area (Å²) in [5, 5.41) is 11.2. The van der Waals surface area contributed by atoms with Gasteiger partial charge in [0.15, 0.2) is 0 Å². The average Bonchev–Trinajstić information content (AvgIpc) is 2.90. The molecule has 1 aromatic carbocycles. The van der Waals surface area contributed by atoms with Crippen LogP contribution in [0.25, 0.3) is 0 Å². The molecule has 0 bridgehead atoms. The van der Waals surface area contributed by atoms with Crippen LogP contribution in [0.15, 0.2) is 24.3 Å². The van der Waals surface area contributed by atoms with Crippen LogP contribution in [0.1, 0.15) is 24.8 Å². The molecule has 6 heteroatoms. The minimum atomic E-state index is -0.912. The van der Waals surface area contributed by atoms with Gasteiger partial charge < -0.3 is 20.1 Å². The fraction of sp³-hybridized carbons (Fsp3) is 0.500. The Bertz CT molecular complexity index is 589. The van der Waals surface area contributed by atoms with Crippen molar-refractivity contribution in [2.24, 2.45) is 0 Å². The lowest BCUT2D eigenvalue weighted by Crippen LogP contribution is -2.46. The van der Waals surface area contributed by atoms with Gasteiger partial charge in [-0.2, -0.15) is 0 Å². The second-order valence-electron chi connectivity index (χ2n) is 5.94. The number of carbonyl (C=O) groups is 2. The van der Waals surface area contributed by atoms with E-state index in [1.54, 1.807) is 4.90 Å². The lowest BCUT2D eigenvalue weighted by molar-refractivity contribution is -0.136. The number of hydrogen-bond donors (Lipinski definition) is 2. The number of rotatable bonds is 3. The summed E-state index contributed by atoms with van der Waals surface area (Å²) in [5.41, 5.74) is 0.927. The van der Waals surface area contributed by atoms with Gasteiger partial charge in [-0.15, -0.1) is 0 Å². The first kappa shape index (κ1) is 14.7. The molecule has 0 radical (unpaired) electrons. The molecule has 2 amide bonds. The van der Waals surface area contributed by atoms with Crippen molar-refractivity contribution >= 4 is 12.0 Å². The number of nitrogens with zero attached hydrogens (tertiary/aromatic N) is 1. The predicted octanol–water partition coefficient (Wildman–Crippen LogP) is 1.64. The van der Waals surface area contributed by atoms with Gasteiger partial charge in [0, 0.05) is 19.5 Å². The Kier molecular flexibility index (Phi) is 3.92. The van der Waals surface area contributed by atoms with Gasteiger partial charge in [0.05, 0.1) is 13.0 Å². The lowest BCUT2D eigenvalue weighted by Gasteiger charge is -2.35. The fourth-order valence-corrected chi connectivity index (χ4v) is 3.15. The van der Waals surface area contributed by atoms with Crippen LogP contribution in [-0.4, -0.2) is 47.2 Å². The van der Waals surface area contributed by atoms with Crippen molar-refractivity contribution < 1.29 is 19.4 Å². The minimum absolute atomic E-state index is 0.0609. The van der Waals surface area contributed by atoms with E-state index in [0.717, 1.165) is 25.0 Å². The fourth-order valence-electron chi connectivity index (χ4n) is 3.15. The Morgan fingerprint density at radius 3 is 2.95 bits per heavy atom. The Labute approximate surface area is 129 Å². The van der Waals surface area contributed by atoms with Crippen LogP contribution < -0.4 is 10.1 Å². The molecular weight excluding hydrogens is 284 g/mol. The quantitative estimate of drug-likeness (QED) is 0.890. The SMILES string of the molecule is O=C(O)CCNC(=O)N1CCC2(CCc3ccccc3O2)C1. The third-order valence-corrected chi connectivity index (χ3v) is 4.37. The molecule has 1 atom stereocenters. The highest BCUT2D eigenvalue weighted by Crippen LogP contribution is 2.38. The highest BCUT2D eigenvalue weighted by Gasteiger charge is 2.44. The molecule has 2 N–H and O–H groups in total. The Morgan fingerprint density at radius 1 is 1.32 bits per heavy atom. The third kappa shape index (κ3) is 3.00. The largest absolute Gasteiger partial charge is 0.485 e. The lowest BCUT2D eigenvalue weighted by atomic mass is 9.90. The van der Waals surface area contributed by atoms with Crippen molar-refractivity contribution in [3.8, 4) is 5.75 Å². The molecule has 0 saturated carbocycles. The highest BCUT2D eigenvalue weighted by molar-refractivity contribution is 5.75. The first-order chi connectivity index (χ1) is 10.6. The monoisotopic (exact) mass is 304 g/mol. The van der Waals surface area contributed by atoms with E-state index in [1.807, 2.05) is 18.2 Å². The topological polar surface area (TPSA) is 78.9 Å². The normalized spacial score (nSPS) is 23.0. The van der Waals surface area contributed by atoms with Gasteiger partial charge in [-0.05, 0) is 24.5 Å². The van der Waals surface area contributed by atoms with Gasteiger partial charge in [0.1, 0.15) is 11.4 Å². The van der Waals surface area contributed by atoms with Crippen LogP contribution in [0.5, 0.6) is 5.75 Å². The number of carboxylic acids is 1. The molecule has 1 fully saturated rings. The molecule has 0 aromatic heterocycles. The van der Waals surface area contributed by atoms with E-state index in [9.17, 15) is 9.59 Å². The van der Waals surface area contributed by atoms with Crippen LogP contribution in [0.2, 0.25) is 0 Å². The first-order valence-corrected chi connectivity index (χ1v) is 7.59. The number of aliphatic carboxylic acids is 1. The number of carbonyl (C=O) groups excluding carboxylic acids is 1. The third-order valence-electron chi connectivity index (χ3n) is 4.37. The maximum absolute atomic E-state index is 12.1. The number of para-hydroxylation sites is 1. The number of hydrogen-bond acceptors (Lipinski definition) is 3. The van der Waals surface area contributed by atoms with E-state index in [2.05, 4.69) is 11.4 Å². The van der Waals surface area contributed by atoms with Crippen LogP contribution in [-0.2, 0) is 11.2 Å². The van der Waals surface area contributed by atoms with Gasteiger partial charge in [-0.3, -0.25) is 4.79 Å². The molecule has 22 heavy (non-hydrogen) atoms. The van der Waals surface area contributed by atoms with Crippen LogP contribution in [0.3, 0.4) is 0 Å². The predicted molar refractivity (Wildman–Crippen MR) is 80.0 cm³/mol. The van der Waals surface area contributed by atoms with Crippen molar-refractivity contribution in [3.63, 3.8) is 0 Å². The summed E-state index contributed by atoms with van der Waals surface area (Å²) >= 11 is 0. The molecule has 1 saturated heterocycles. The zero-order valence-electron chi connectivity index (χ0n) is 12.4. The zero-order valence-corrected chi connectivity index (χ0v) is 12.4. The van der Waals surface area contributed by atoms with E-state index >= 15 is 0 Å². The number of ether oxygens (including phenoxy) is 1. The number of carboxylic acid groups (broad SMARTS) is 1. The van der Waals surface area contributed by atoms with Gasteiger partial charge in [-0.25, -0.2) is 4.79 Å². The molecule has 0 aliphatic carbocycles. The van der Waals surface area contributed by atoms with Crippen molar-refractivity contribution in [1.29, 1.82) is 0 Å². The van der Waals surface area contributed by atoms with Crippen molar-refractivity contribution in [2.75, 3.05) is 19.6 Å². The summed E-state index contributed by atoms with van der Waals surface area (Å²) in [5.74, 6) is 0.00676. The first-order valence-electron chi connectivity index (χ1n) is 7.59. The smallest absolute Gasteiger partial charge is 0.317 e. The molecule has 3 rings (SSSR count). The average molecular weight is 304 g/mol. The summed E-state index contributed by atoms with van der Waals surface area (Å²) < 4.78 is 6.19. The van der Waals surface area contributed by atoms with E-state index in [1.165, 1.54) is 5.56 Å². The molecule has 118 valence electrons. The van der Waals surface area contributed by atoms with Crippen LogP contribution in [0.4, 0.5) is 4.79 Å². The number of benzene rings is 1. The summed E-state index contributed by atoms with van der Waals surface area (Å²) in [4.78, 5) is 24.3. The number of amides is 2. The van der Waals surface area contributed by atoms with Gasteiger partial charge in [-0.1, -0.05) is 18.2 Å². The maximum Gasteiger partial charge on any atom is 0.317 e. The standard InChI is InChI=1S/C16H20N2O4/c19-14(20)6-9-17-15(21)18-10-8-16(11-18)7-5-12-3-1-2-4-13(12)22-16/h1-4H,5-11H2,(H,17,21)(H,19,20). The van der Waals surface area contributed by atoms with Crippen molar-refractivity contribution in [1.82, 2.24) is 10.2 Å². The van der Waals surface area contributed by atoms with Crippen LogP contribution >= 0.6 is 0 Å². The number of aryl methyl sites for hydroxylation is 1. The maximum atomic E-state index is 12.1. The molecule has 1 spiro atoms. The Balaban J connectivity index is 1.58. The molecule has 2 heterocycles. The van der Waals surface area contributed by atoms with Crippen molar-refractivity contribution in [2.45, 2.75) is 31.3 Å². The minimum Gasteiger partial charge on any atom is -0.485 e. The molecule has 2 aliphatic heterocycles. The second kappa shape index (κ2) is 5.87. The van der Waals surface area contributed by atoms with Gasteiger partial charge in [0.2, 0.25) is 0 Å². The second-order valence-corrected chi connectivity index (χ2v) is 5.94.